The molecule has 1 rings (SSSR count). The molecule has 2 atom stereocenters. The van der Waals surface area contributed by atoms with E-state index in [1.165, 1.54) is 7.11 Å². The monoisotopic (exact) mass is 198 g/mol. The molecule has 0 aliphatic heterocycles. The summed E-state index contributed by atoms with van der Waals surface area (Å²) in [4.78, 5) is 22.8. The molecule has 0 aromatic heterocycles. The van der Waals surface area contributed by atoms with Gasteiger partial charge in [-0.2, -0.15) is 0 Å². The summed E-state index contributed by atoms with van der Waals surface area (Å²) >= 11 is 0. The van der Waals surface area contributed by atoms with Gasteiger partial charge < -0.3 is 4.74 Å². The fourth-order valence-electron chi connectivity index (χ4n) is 2.14. The van der Waals surface area contributed by atoms with Crippen LogP contribution in [0.3, 0.4) is 0 Å². The lowest BCUT2D eigenvalue weighted by atomic mass is 9.91. The average molecular weight is 198 g/mol. The van der Waals surface area contributed by atoms with Crippen LogP contribution in [-0.4, -0.2) is 18.9 Å². The molecular formula is C11H18O3. The Labute approximate surface area is 84.8 Å². The summed E-state index contributed by atoms with van der Waals surface area (Å²) in [5, 5.41) is 0. The maximum absolute atomic E-state index is 11.4. The number of esters is 1. The van der Waals surface area contributed by atoms with Gasteiger partial charge in [-0.15, -0.1) is 0 Å². The van der Waals surface area contributed by atoms with Crippen LogP contribution in [0, 0.1) is 11.8 Å². The maximum Gasteiger partial charge on any atom is 0.316 e. The van der Waals surface area contributed by atoms with Gasteiger partial charge >= 0.3 is 5.97 Å². The summed E-state index contributed by atoms with van der Waals surface area (Å²) in [6.45, 7) is 2.12. The first kappa shape index (κ1) is 11.2. The van der Waals surface area contributed by atoms with E-state index in [1.54, 1.807) is 0 Å². The second-order valence-corrected chi connectivity index (χ2v) is 3.91. The number of rotatable bonds is 4. The van der Waals surface area contributed by atoms with Crippen LogP contribution in [0.4, 0.5) is 0 Å². The molecule has 0 saturated heterocycles. The molecule has 0 bridgehead atoms. The third-order valence-corrected chi connectivity index (χ3v) is 2.96. The second kappa shape index (κ2) is 5.13. The van der Waals surface area contributed by atoms with Gasteiger partial charge in [0.1, 0.15) is 11.7 Å². The van der Waals surface area contributed by atoms with E-state index in [-0.39, 0.29) is 17.7 Å². The number of ether oxygens (including phenoxy) is 1. The summed E-state index contributed by atoms with van der Waals surface area (Å²) in [6, 6.07) is 0. The van der Waals surface area contributed by atoms with Gasteiger partial charge in [0.25, 0.3) is 0 Å². The maximum atomic E-state index is 11.4. The van der Waals surface area contributed by atoms with E-state index in [0.29, 0.717) is 6.42 Å². The summed E-state index contributed by atoms with van der Waals surface area (Å²) < 4.78 is 4.65. The lowest BCUT2D eigenvalue weighted by molar-refractivity contribution is -0.149. The number of unbranched alkanes of at least 4 members (excludes halogenated alkanes) is 1. The van der Waals surface area contributed by atoms with Crippen LogP contribution in [-0.2, 0) is 14.3 Å². The van der Waals surface area contributed by atoms with Crippen LogP contribution in [0.25, 0.3) is 0 Å². The zero-order valence-corrected chi connectivity index (χ0v) is 8.91. The topological polar surface area (TPSA) is 43.4 Å². The first-order valence-corrected chi connectivity index (χ1v) is 5.31. The predicted octanol–water partition coefficient (Wildman–Crippen LogP) is 1.94. The number of Topliss-reactive ketones (excluding diaryl/α,β-unsaturated/α-hetero) is 1. The molecule has 0 radical (unpaired) electrons. The lowest BCUT2D eigenvalue weighted by Gasteiger charge is -2.15. The Morgan fingerprint density at radius 3 is 2.86 bits per heavy atom. The second-order valence-electron chi connectivity index (χ2n) is 3.91. The number of hydrogen-bond acceptors (Lipinski definition) is 3. The van der Waals surface area contributed by atoms with Gasteiger partial charge in [0.15, 0.2) is 0 Å². The molecule has 0 heterocycles. The van der Waals surface area contributed by atoms with Gasteiger partial charge in [-0.05, 0) is 18.8 Å². The summed E-state index contributed by atoms with van der Waals surface area (Å²) in [7, 11) is 1.35. The van der Waals surface area contributed by atoms with Crippen LogP contribution in [0.1, 0.15) is 39.0 Å². The van der Waals surface area contributed by atoms with Crippen LogP contribution in [0.5, 0.6) is 0 Å². The number of hydrogen-bond donors (Lipinski definition) is 0. The molecule has 0 aromatic rings. The third-order valence-electron chi connectivity index (χ3n) is 2.96. The summed E-state index contributed by atoms with van der Waals surface area (Å²) in [6.07, 6.45) is 4.58. The Kier molecular flexibility index (Phi) is 4.11. The van der Waals surface area contributed by atoms with Crippen molar-refractivity contribution in [2.24, 2.45) is 11.8 Å². The molecule has 3 heteroatoms. The molecule has 0 amide bonds. The molecular weight excluding hydrogens is 180 g/mol. The zero-order chi connectivity index (χ0) is 10.6. The van der Waals surface area contributed by atoms with Crippen molar-refractivity contribution in [1.29, 1.82) is 0 Å². The van der Waals surface area contributed by atoms with Gasteiger partial charge in [-0.3, -0.25) is 9.59 Å². The zero-order valence-electron chi connectivity index (χ0n) is 8.91. The molecule has 3 nitrogen and oxygen atoms in total. The van der Waals surface area contributed by atoms with Gasteiger partial charge in [0.2, 0.25) is 0 Å². The fourth-order valence-corrected chi connectivity index (χ4v) is 2.14. The van der Waals surface area contributed by atoms with Crippen molar-refractivity contribution in [2.75, 3.05) is 7.11 Å². The van der Waals surface area contributed by atoms with E-state index in [1.807, 2.05) is 0 Å². The van der Waals surface area contributed by atoms with E-state index in [0.717, 1.165) is 25.7 Å². The van der Waals surface area contributed by atoms with E-state index < -0.39 is 5.92 Å². The molecule has 80 valence electrons. The molecule has 2 unspecified atom stereocenters. The minimum Gasteiger partial charge on any atom is -0.468 e. The van der Waals surface area contributed by atoms with Gasteiger partial charge in [0, 0.05) is 6.42 Å². The largest absolute Gasteiger partial charge is 0.468 e. The van der Waals surface area contributed by atoms with Crippen molar-refractivity contribution in [3.63, 3.8) is 0 Å². The van der Waals surface area contributed by atoms with Crippen molar-refractivity contribution >= 4 is 11.8 Å². The molecule has 1 aliphatic rings. The summed E-state index contributed by atoms with van der Waals surface area (Å²) in [5.74, 6) is -0.506. The third kappa shape index (κ3) is 2.34. The SMILES string of the molecule is CCCCC1CCC(=O)C1C(=O)OC. The smallest absolute Gasteiger partial charge is 0.316 e. The molecule has 0 N–H and O–H groups in total. The summed E-state index contributed by atoms with van der Waals surface area (Å²) in [5.41, 5.74) is 0. The Morgan fingerprint density at radius 2 is 2.29 bits per heavy atom. The first-order valence-electron chi connectivity index (χ1n) is 5.31. The van der Waals surface area contributed by atoms with Crippen LogP contribution < -0.4 is 0 Å². The quantitative estimate of drug-likeness (QED) is 0.512. The predicted molar refractivity (Wildman–Crippen MR) is 52.8 cm³/mol. The highest BCUT2D eigenvalue weighted by molar-refractivity contribution is 6.00. The highest BCUT2D eigenvalue weighted by Gasteiger charge is 2.39. The van der Waals surface area contributed by atoms with Crippen LogP contribution >= 0.6 is 0 Å². The first-order chi connectivity index (χ1) is 6.70. The molecule has 14 heavy (non-hydrogen) atoms. The Hall–Kier alpha value is -0.860. The molecule has 1 aliphatic carbocycles. The highest BCUT2D eigenvalue weighted by atomic mass is 16.5. The van der Waals surface area contributed by atoms with Gasteiger partial charge in [0.05, 0.1) is 7.11 Å². The lowest BCUT2D eigenvalue weighted by Crippen LogP contribution is -2.26. The minimum atomic E-state index is -0.466. The Balaban J connectivity index is 2.57. The van der Waals surface area contributed by atoms with E-state index in [4.69, 9.17) is 0 Å². The standard InChI is InChI=1S/C11H18O3/c1-3-4-5-8-6-7-9(12)10(8)11(13)14-2/h8,10H,3-7H2,1-2H3. The van der Waals surface area contributed by atoms with Crippen molar-refractivity contribution in [2.45, 2.75) is 39.0 Å². The Bertz CT molecular complexity index is 223. The van der Waals surface area contributed by atoms with E-state index >= 15 is 0 Å². The van der Waals surface area contributed by atoms with E-state index in [2.05, 4.69) is 11.7 Å². The minimum absolute atomic E-state index is 0.0675. The normalized spacial score (nSPS) is 26.6. The molecule has 1 saturated carbocycles. The van der Waals surface area contributed by atoms with Crippen molar-refractivity contribution < 1.29 is 14.3 Å². The number of methoxy groups -OCH3 is 1. The number of ketones is 1. The van der Waals surface area contributed by atoms with Crippen LogP contribution in [0.2, 0.25) is 0 Å². The van der Waals surface area contributed by atoms with Crippen molar-refractivity contribution in [3.05, 3.63) is 0 Å². The Morgan fingerprint density at radius 1 is 1.57 bits per heavy atom. The molecule has 0 spiro atoms. The number of carbonyl (C=O) groups excluding carboxylic acids is 2. The van der Waals surface area contributed by atoms with Gasteiger partial charge in [-0.1, -0.05) is 19.8 Å². The molecule has 0 aromatic carbocycles. The highest BCUT2D eigenvalue weighted by Crippen LogP contribution is 2.33. The average Bonchev–Trinajstić information content (AvgIpc) is 2.55. The van der Waals surface area contributed by atoms with Crippen molar-refractivity contribution in [1.82, 2.24) is 0 Å². The van der Waals surface area contributed by atoms with Crippen LogP contribution in [0.15, 0.2) is 0 Å². The number of carbonyl (C=O) groups is 2. The van der Waals surface area contributed by atoms with E-state index in [9.17, 15) is 9.59 Å². The van der Waals surface area contributed by atoms with Crippen molar-refractivity contribution in [3.8, 4) is 0 Å². The molecule has 1 fully saturated rings. The van der Waals surface area contributed by atoms with Gasteiger partial charge in [-0.25, -0.2) is 0 Å². The fraction of sp³-hybridized carbons (Fsp3) is 0.818.